The van der Waals surface area contributed by atoms with E-state index in [0.29, 0.717) is 29.7 Å². The fourth-order valence-corrected chi connectivity index (χ4v) is 5.07. The van der Waals surface area contributed by atoms with Crippen LogP contribution in [-0.4, -0.2) is 62.4 Å². The Morgan fingerprint density at radius 2 is 1.59 bits per heavy atom. The first kappa shape index (κ1) is 23.6. The molecule has 0 saturated carbocycles. The Hall–Kier alpha value is -3.04. The molecule has 0 atom stereocenters. The third kappa shape index (κ3) is 5.23. The SMILES string of the molecule is CC(=O)c1ccc(S(=O)(=O)N2CCC(C(=O)Nc3cccc(C(=O)N(C)C)c3)CC2)cc1. The molecule has 1 aliphatic heterocycles. The first-order valence-corrected chi connectivity index (χ1v) is 11.8. The molecular formula is C23H27N3O5S. The number of piperidine rings is 1. The van der Waals surface area contributed by atoms with Gasteiger partial charge in [0.25, 0.3) is 5.91 Å². The van der Waals surface area contributed by atoms with Crippen LogP contribution in [-0.2, 0) is 14.8 Å². The molecule has 0 spiro atoms. The summed E-state index contributed by atoms with van der Waals surface area (Å²) >= 11 is 0. The number of nitrogens with one attached hydrogen (secondary N) is 1. The highest BCUT2D eigenvalue weighted by molar-refractivity contribution is 7.89. The molecule has 9 heteroatoms. The maximum Gasteiger partial charge on any atom is 0.253 e. The Morgan fingerprint density at radius 3 is 2.16 bits per heavy atom. The molecule has 0 radical (unpaired) electrons. The third-order valence-electron chi connectivity index (χ3n) is 5.51. The first-order valence-electron chi connectivity index (χ1n) is 10.3. The van der Waals surface area contributed by atoms with Crippen LogP contribution in [0.4, 0.5) is 5.69 Å². The summed E-state index contributed by atoms with van der Waals surface area (Å²) in [5.74, 6) is -0.801. The zero-order valence-corrected chi connectivity index (χ0v) is 19.2. The van der Waals surface area contributed by atoms with Crippen LogP contribution >= 0.6 is 0 Å². The van der Waals surface area contributed by atoms with Crippen molar-refractivity contribution < 1.29 is 22.8 Å². The van der Waals surface area contributed by atoms with E-state index in [1.807, 2.05) is 0 Å². The Kier molecular flexibility index (Phi) is 7.10. The Bertz CT molecular complexity index is 1120. The van der Waals surface area contributed by atoms with E-state index >= 15 is 0 Å². The van der Waals surface area contributed by atoms with Gasteiger partial charge in [-0.2, -0.15) is 4.31 Å². The maximum atomic E-state index is 12.9. The molecule has 1 aliphatic rings. The highest BCUT2D eigenvalue weighted by Crippen LogP contribution is 2.25. The lowest BCUT2D eigenvalue weighted by Crippen LogP contribution is -2.41. The highest BCUT2D eigenvalue weighted by atomic mass is 32.2. The molecule has 2 aromatic rings. The Labute approximate surface area is 188 Å². The molecule has 2 amide bonds. The molecule has 2 aromatic carbocycles. The Morgan fingerprint density at radius 1 is 0.969 bits per heavy atom. The van der Waals surface area contributed by atoms with Gasteiger partial charge in [0.2, 0.25) is 15.9 Å². The van der Waals surface area contributed by atoms with Gasteiger partial charge < -0.3 is 10.2 Å². The fourth-order valence-electron chi connectivity index (χ4n) is 3.60. The van der Waals surface area contributed by atoms with Crippen LogP contribution in [0.15, 0.2) is 53.4 Å². The van der Waals surface area contributed by atoms with Gasteiger partial charge in [-0.15, -0.1) is 0 Å². The third-order valence-corrected chi connectivity index (χ3v) is 7.42. The Balaban J connectivity index is 1.61. The topological polar surface area (TPSA) is 104 Å². The summed E-state index contributed by atoms with van der Waals surface area (Å²) in [5, 5.41) is 2.84. The van der Waals surface area contributed by atoms with Crippen LogP contribution in [0.3, 0.4) is 0 Å². The molecule has 1 saturated heterocycles. The van der Waals surface area contributed by atoms with Gasteiger partial charge in [0.15, 0.2) is 5.78 Å². The quantitative estimate of drug-likeness (QED) is 0.672. The van der Waals surface area contributed by atoms with Crippen molar-refractivity contribution in [2.75, 3.05) is 32.5 Å². The summed E-state index contributed by atoms with van der Waals surface area (Å²) in [7, 11) is -0.368. The van der Waals surface area contributed by atoms with E-state index in [9.17, 15) is 22.8 Å². The number of sulfonamides is 1. The van der Waals surface area contributed by atoms with Gasteiger partial charge in [-0.05, 0) is 50.1 Å². The summed E-state index contributed by atoms with van der Waals surface area (Å²) < 4.78 is 27.2. The standard InChI is InChI=1S/C23H27N3O5S/c1-16(27)17-7-9-21(10-8-17)32(30,31)26-13-11-18(12-14-26)22(28)24-20-6-4-5-19(15-20)23(29)25(2)3/h4-10,15,18H,11-14H2,1-3H3,(H,24,28). The molecule has 8 nitrogen and oxygen atoms in total. The molecule has 32 heavy (non-hydrogen) atoms. The van der Waals surface area contributed by atoms with Gasteiger partial charge in [0.1, 0.15) is 0 Å². The van der Waals surface area contributed by atoms with Gasteiger partial charge in [0.05, 0.1) is 4.90 Å². The van der Waals surface area contributed by atoms with Gasteiger partial charge in [0, 0.05) is 49.9 Å². The summed E-state index contributed by atoms with van der Waals surface area (Å²) in [5.41, 5.74) is 1.46. The molecule has 1 N–H and O–H groups in total. The zero-order chi connectivity index (χ0) is 23.5. The zero-order valence-electron chi connectivity index (χ0n) is 18.4. The van der Waals surface area contributed by atoms with E-state index in [4.69, 9.17) is 0 Å². The molecule has 0 aliphatic carbocycles. The van der Waals surface area contributed by atoms with Crippen LogP contribution < -0.4 is 5.32 Å². The maximum absolute atomic E-state index is 12.9. The number of carbonyl (C=O) groups excluding carboxylic acids is 3. The van der Waals surface area contributed by atoms with Crippen LogP contribution in [0, 0.1) is 5.92 Å². The van der Waals surface area contributed by atoms with Crippen molar-refractivity contribution in [1.82, 2.24) is 9.21 Å². The largest absolute Gasteiger partial charge is 0.345 e. The van der Waals surface area contributed by atoms with E-state index < -0.39 is 10.0 Å². The lowest BCUT2D eigenvalue weighted by atomic mass is 9.97. The summed E-state index contributed by atoms with van der Waals surface area (Å²) in [6.45, 7) is 1.89. The van der Waals surface area contributed by atoms with Crippen molar-refractivity contribution in [3.05, 3.63) is 59.7 Å². The summed E-state index contributed by atoms with van der Waals surface area (Å²) in [6.07, 6.45) is 0.791. The second kappa shape index (κ2) is 9.62. The minimum Gasteiger partial charge on any atom is -0.345 e. The smallest absolute Gasteiger partial charge is 0.253 e. The van der Waals surface area contributed by atoms with Crippen molar-refractivity contribution in [1.29, 1.82) is 0 Å². The number of anilines is 1. The average Bonchev–Trinajstić information content (AvgIpc) is 2.78. The number of carbonyl (C=O) groups is 3. The molecular weight excluding hydrogens is 430 g/mol. The molecule has 1 fully saturated rings. The fraction of sp³-hybridized carbons (Fsp3) is 0.348. The van der Waals surface area contributed by atoms with Crippen LogP contribution in [0.1, 0.15) is 40.5 Å². The number of ketones is 1. The van der Waals surface area contributed by atoms with Crippen molar-refractivity contribution >= 4 is 33.3 Å². The highest BCUT2D eigenvalue weighted by Gasteiger charge is 2.32. The normalized spacial score (nSPS) is 15.2. The van der Waals surface area contributed by atoms with E-state index in [1.54, 1.807) is 38.4 Å². The van der Waals surface area contributed by atoms with Crippen LogP contribution in [0.25, 0.3) is 0 Å². The van der Waals surface area contributed by atoms with Crippen LogP contribution in [0.5, 0.6) is 0 Å². The lowest BCUT2D eigenvalue weighted by Gasteiger charge is -2.30. The van der Waals surface area contributed by atoms with Gasteiger partial charge >= 0.3 is 0 Å². The van der Waals surface area contributed by atoms with Crippen molar-refractivity contribution in [2.24, 2.45) is 5.92 Å². The van der Waals surface area contributed by atoms with Gasteiger partial charge in [-0.1, -0.05) is 18.2 Å². The number of amides is 2. The number of benzene rings is 2. The first-order chi connectivity index (χ1) is 15.1. The van der Waals surface area contributed by atoms with Crippen molar-refractivity contribution in [2.45, 2.75) is 24.7 Å². The molecule has 3 rings (SSSR count). The summed E-state index contributed by atoms with van der Waals surface area (Å²) in [6, 6.07) is 12.6. The second-order valence-electron chi connectivity index (χ2n) is 8.03. The molecule has 0 aromatic heterocycles. The monoisotopic (exact) mass is 457 g/mol. The van der Waals surface area contributed by atoms with Crippen molar-refractivity contribution in [3.8, 4) is 0 Å². The van der Waals surface area contributed by atoms with Gasteiger partial charge in [-0.25, -0.2) is 8.42 Å². The number of hydrogen-bond acceptors (Lipinski definition) is 5. The average molecular weight is 458 g/mol. The predicted octanol–water partition coefficient (Wildman–Crippen LogP) is 2.63. The minimum atomic E-state index is -3.69. The van der Waals surface area contributed by atoms with E-state index in [2.05, 4.69) is 5.32 Å². The molecule has 1 heterocycles. The molecule has 170 valence electrons. The van der Waals surface area contributed by atoms with E-state index in [-0.39, 0.29) is 41.5 Å². The predicted molar refractivity (Wildman–Crippen MR) is 121 cm³/mol. The molecule has 0 bridgehead atoms. The minimum absolute atomic E-state index is 0.127. The van der Waals surface area contributed by atoms with E-state index in [1.165, 1.54) is 40.4 Å². The number of rotatable bonds is 6. The second-order valence-corrected chi connectivity index (χ2v) is 9.97. The van der Waals surface area contributed by atoms with Gasteiger partial charge in [-0.3, -0.25) is 14.4 Å². The van der Waals surface area contributed by atoms with E-state index in [0.717, 1.165) is 0 Å². The molecule has 0 unspecified atom stereocenters. The van der Waals surface area contributed by atoms with Crippen molar-refractivity contribution in [3.63, 3.8) is 0 Å². The lowest BCUT2D eigenvalue weighted by molar-refractivity contribution is -0.120. The number of hydrogen-bond donors (Lipinski definition) is 1. The van der Waals surface area contributed by atoms with Crippen LogP contribution in [0.2, 0.25) is 0 Å². The summed E-state index contributed by atoms with van der Waals surface area (Å²) in [4.78, 5) is 37.8. The number of nitrogens with zero attached hydrogens (tertiary/aromatic N) is 2. The number of Topliss-reactive ketones (excluding diaryl/α,β-unsaturated/α-hetero) is 1.